The number of nitrogens with zero attached hydrogens (tertiary/aromatic N) is 3. The number of nitrogens with one attached hydrogen (secondary N) is 2. The number of aliphatic hydroxyl groups excluding tert-OH is 1. The molecule has 0 radical (unpaired) electrons. The molecule has 0 amide bonds. The molecule has 22 heavy (non-hydrogen) atoms. The smallest absolute Gasteiger partial charge is 0.325 e. The number of hydrogen-bond donors (Lipinski definition) is 3. The first-order chi connectivity index (χ1) is 10.6. The number of aliphatic hydroxyl groups is 1. The molecule has 0 atom stereocenters. The number of rotatable bonds is 7. The highest BCUT2D eigenvalue weighted by Gasteiger charge is 2.25. The Bertz CT molecular complexity index is 700. The Kier molecular flexibility index (Phi) is 4.68. The summed E-state index contributed by atoms with van der Waals surface area (Å²) in [6.07, 6.45) is 0. The number of benzene rings is 1. The molecule has 3 N–H and O–H groups in total. The number of nitro benzene ring substituents is 1. The van der Waals surface area contributed by atoms with Gasteiger partial charge in [0.1, 0.15) is 12.2 Å². The number of fused-ring (bicyclic) bond motifs is 1. The van der Waals surface area contributed by atoms with E-state index in [4.69, 9.17) is 5.11 Å². The molecule has 0 aliphatic heterocycles. The van der Waals surface area contributed by atoms with Crippen molar-refractivity contribution in [2.75, 3.05) is 37.4 Å². The fourth-order valence-corrected chi connectivity index (χ4v) is 1.81. The average molecular weight is 311 g/mol. The van der Waals surface area contributed by atoms with Gasteiger partial charge in [0.05, 0.1) is 24.3 Å². The number of esters is 1. The van der Waals surface area contributed by atoms with Gasteiger partial charge in [-0.15, -0.1) is 0 Å². The number of aromatic nitrogens is 2. The van der Waals surface area contributed by atoms with E-state index in [0.717, 1.165) is 0 Å². The molecule has 1 aromatic carbocycles. The summed E-state index contributed by atoms with van der Waals surface area (Å²) in [6, 6.07) is 1.39. The van der Waals surface area contributed by atoms with Crippen LogP contribution in [0.15, 0.2) is 10.7 Å². The van der Waals surface area contributed by atoms with Gasteiger partial charge in [-0.25, -0.2) is 4.63 Å². The SMILES string of the molecule is COC(=O)CNc1cc(NCCO)c([N+](=O)[O-])c2nonc12. The van der Waals surface area contributed by atoms with Gasteiger partial charge < -0.3 is 20.5 Å². The van der Waals surface area contributed by atoms with Crippen LogP contribution in [-0.4, -0.2) is 53.1 Å². The van der Waals surface area contributed by atoms with E-state index in [1.54, 1.807) is 0 Å². The number of carbonyl (C=O) groups excluding carboxylic acids is 1. The maximum absolute atomic E-state index is 11.2. The van der Waals surface area contributed by atoms with Crippen molar-refractivity contribution in [3.8, 4) is 0 Å². The van der Waals surface area contributed by atoms with Crippen molar-refractivity contribution in [3.63, 3.8) is 0 Å². The standard InChI is InChI=1S/C11H13N5O6/c1-21-8(18)5-13-6-4-7(12-2-3-17)11(16(19)20)10-9(6)14-22-15-10/h4,12-13,17H,2-3,5H2,1H3. The molecule has 1 aromatic heterocycles. The number of carbonyl (C=O) groups is 1. The topological polar surface area (TPSA) is 153 Å². The Morgan fingerprint density at radius 2 is 2.14 bits per heavy atom. The van der Waals surface area contributed by atoms with Crippen LogP contribution in [-0.2, 0) is 9.53 Å². The summed E-state index contributed by atoms with van der Waals surface area (Å²) >= 11 is 0. The fraction of sp³-hybridized carbons (Fsp3) is 0.364. The third kappa shape index (κ3) is 3.03. The van der Waals surface area contributed by atoms with Crippen molar-refractivity contribution in [2.45, 2.75) is 0 Å². The molecule has 2 rings (SSSR count). The van der Waals surface area contributed by atoms with Crippen LogP contribution in [0.1, 0.15) is 0 Å². The zero-order chi connectivity index (χ0) is 16.1. The summed E-state index contributed by atoms with van der Waals surface area (Å²) in [7, 11) is 1.24. The van der Waals surface area contributed by atoms with E-state index in [9.17, 15) is 14.9 Å². The van der Waals surface area contributed by atoms with E-state index >= 15 is 0 Å². The molecule has 0 spiro atoms. The van der Waals surface area contributed by atoms with Crippen molar-refractivity contribution in [1.82, 2.24) is 10.3 Å². The highest BCUT2D eigenvalue weighted by atomic mass is 16.6. The summed E-state index contributed by atoms with van der Waals surface area (Å²) in [5.41, 5.74) is 0.154. The first kappa shape index (κ1) is 15.4. The lowest BCUT2D eigenvalue weighted by molar-refractivity contribution is -0.382. The van der Waals surface area contributed by atoms with Crippen LogP contribution in [0.5, 0.6) is 0 Å². The van der Waals surface area contributed by atoms with Crippen LogP contribution < -0.4 is 10.6 Å². The summed E-state index contributed by atoms with van der Waals surface area (Å²) in [6.45, 7) is -0.263. The van der Waals surface area contributed by atoms with Crippen molar-refractivity contribution in [1.29, 1.82) is 0 Å². The monoisotopic (exact) mass is 311 g/mol. The fourth-order valence-electron chi connectivity index (χ4n) is 1.81. The van der Waals surface area contributed by atoms with E-state index in [1.807, 2.05) is 0 Å². The zero-order valence-corrected chi connectivity index (χ0v) is 11.5. The summed E-state index contributed by atoms with van der Waals surface area (Å²) in [5.74, 6) is -0.521. The molecule has 0 saturated carbocycles. The molecule has 118 valence electrons. The second kappa shape index (κ2) is 6.67. The normalized spacial score (nSPS) is 10.5. The predicted molar refractivity (Wildman–Crippen MR) is 74.5 cm³/mol. The quantitative estimate of drug-likeness (QED) is 0.365. The van der Waals surface area contributed by atoms with Crippen LogP contribution in [0, 0.1) is 10.1 Å². The molecule has 0 aliphatic rings. The van der Waals surface area contributed by atoms with Crippen LogP contribution in [0.4, 0.5) is 17.1 Å². The number of methoxy groups -OCH3 is 1. The highest BCUT2D eigenvalue weighted by Crippen LogP contribution is 2.36. The molecule has 0 aliphatic carbocycles. The maximum atomic E-state index is 11.2. The molecule has 0 saturated heterocycles. The largest absolute Gasteiger partial charge is 0.468 e. The number of anilines is 2. The molecule has 1 heterocycles. The molecule has 11 nitrogen and oxygen atoms in total. The van der Waals surface area contributed by atoms with Gasteiger partial charge in [-0.3, -0.25) is 14.9 Å². The van der Waals surface area contributed by atoms with E-state index in [1.165, 1.54) is 13.2 Å². The van der Waals surface area contributed by atoms with Crippen LogP contribution in [0.3, 0.4) is 0 Å². The number of ether oxygens (including phenoxy) is 1. The van der Waals surface area contributed by atoms with Gasteiger partial charge in [0.15, 0.2) is 5.52 Å². The van der Waals surface area contributed by atoms with Crippen LogP contribution in [0.2, 0.25) is 0 Å². The van der Waals surface area contributed by atoms with Crippen LogP contribution >= 0.6 is 0 Å². The molecule has 0 bridgehead atoms. The minimum atomic E-state index is -0.629. The Labute approximate surface area is 123 Å². The van der Waals surface area contributed by atoms with E-state index in [2.05, 4.69) is 30.3 Å². The molecule has 0 unspecified atom stereocenters. The third-order valence-electron chi connectivity index (χ3n) is 2.77. The number of nitro groups is 1. The van der Waals surface area contributed by atoms with Gasteiger partial charge in [-0.1, -0.05) is 0 Å². The summed E-state index contributed by atoms with van der Waals surface area (Å²) in [5, 5.41) is 32.7. The minimum Gasteiger partial charge on any atom is -0.468 e. The van der Waals surface area contributed by atoms with Gasteiger partial charge in [-0.2, -0.15) is 0 Å². The first-order valence-corrected chi connectivity index (χ1v) is 6.17. The highest BCUT2D eigenvalue weighted by molar-refractivity contribution is 6.00. The van der Waals surface area contributed by atoms with E-state index in [-0.39, 0.29) is 42.1 Å². The van der Waals surface area contributed by atoms with Crippen LogP contribution in [0.25, 0.3) is 11.0 Å². The van der Waals surface area contributed by atoms with Gasteiger partial charge in [0.2, 0.25) is 5.52 Å². The van der Waals surface area contributed by atoms with Gasteiger partial charge >= 0.3 is 11.7 Å². The zero-order valence-electron chi connectivity index (χ0n) is 11.5. The third-order valence-corrected chi connectivity index (χ3v) is 2.77. The van der Waals surface area contributed by atoms with Crippen molar-refractivity contribution >= 4 is 34.1 Å². The summed E-state index contributed by atoms with van der Waals surface area (Å²) < 4.78 is 9.06. The second-order valence-corrected chi connectivity index (χ2v) is 4.12. The van der Waals surface area contributed by atoms with Gasteiger partial charge in [0, 0.05) is 6.54 Å². The molecular weight excluding hydrogens is 298 g/mol. The van der Waals surface area contributed by atoms with Crippen molar-refractivity contribution in [2.24, 2.45) is 0 Å². The van der Waals surface area contributed by atoms with Gasteiger partial charge in [0.25, 0.3) is 0 Å². The van der Waals surface area contributed by atoms with Crippen molar-refractivity contribution < 1.29 is 24.2 Å². The molecule has 2 aromatic rings. The lowest BCUT2D eigenvalue weighted by Gasteiger charge is -2.10. The number of hydrogen-bond acceptors (Lipinski definition) is 10. The molecular formula is C11H13N5O6. The summed E-state index contributed by atoms with van der Waals surface area (Å²) in [4.78, 5) is 21.8. The van der Waals surface area contributed by atoms with Gasteiger partial charge in [-0.05, 0) is 16.4 Å². The Hall–Kier alpha value is -2.95. The van der Waals surface area contributed by atoms with E-state index < -0.39 is 10.9 Å². The Balaban J connectivity index is 2.47. The van der Waals surface area contributed by atoms with Crippen molar-refractivity contribution in [3.05, 3.63) is 16.2 Å². The predicted octanol–water partition coefficient (Wildman–Crippen LogP) is 0.120. The average Bonchev–Trinajstić information content (AvgIpc) is 2.98. The first-order valence-electron chi connectivity index (χ1n) is 6.17. The minimum absolute atomic E-state index is 0.0692. The van der Waals surface area contributed by atoms with E-state index in [0.29, 0.717) is 5.69 Å². The Morgan fingerprint density at radius 1 is 1.41 bits per heavy atom. The second-order valence-electron chi connectivity index (χ2n) is 4.12. The Morgan fingerprint density at radius 3 is 2.77 bits per heavy atom. The molecule has 11 heteroatoms. The lowest BCUT2D eigenvalue weighted by Crippen LogP contribution is -2.16. The lowest BCUT2D eigenvalue weighted by atomic mass is 10.2. The maximum Gasteiger partial charge on any atom is 0.325 e. The molecule has 0 fully saturated rings.